The zero-order valence-corrected chi connectivity index (χ0v) is 19.7. The minimum absolute atomic E-state index is 0.115. The summed E-state index contributed by atoms with van der Waals surface area (Å²) in [5, 5.41) is 2.97. The smallest absolute Gasteiger partial charge is 0.321 e. The second-order valence-corrected chi connectivity index (χ2v) is 8.64. The maximum atomic E-state index is 12.8. The van der Waals surface area contributed by atoms with Gasteiger partial charge in [0.2, 0.25) is 0 Å². The Morgan fingerprint density at radius 1 is 0.941 bits per heavy atom. The Labute approximate surface area is 199 Å². The van der Waals surface area contributed by atoms with Crippen LogP contribution in [0.1, 0.15) is 16.7 Å². The van der Waals surface area contributed by atoms with E-state index in [2.05, 4.69) is 29.3 Å². The maximum Gasteiger partial charge on any atom is 0.321 e. The minimum Gasteiger partial charge on any atom is -0.497 e. The molecular weight excluding hydrogens is 428 g/mol. The number of aryl methyl sites for hydroxylation is 2. The van der Waals surface area contributed by atoms with Crippen LogP contribution in [0.3, 0.4) is 0 Å². The number of nitrogens with zero attached hydrogens (tertiary/aromatic N) is 3. The lowest BCUT2D eigenvalue weighted by atomic mass is 10.1. The highest BCUT2D eigenvalue weighted by atomic mass is 16.5. The van der Waals surface area contributed by atoms with E-state index in [4.69, 9.17) is 14.5 Å². The van der Waals surface area contributed by atoms with Gasteiger partial charge >= 0.3 is 6.03 Å². The Kier molecular flexibility index (Phi) is 5.84. The van der Waals surface area contributed by atoms with E-state index in [1.165, 1.54) is 0 Å². The van der Waals surface area contributed by atoms with Gasteiger partial charge in [0, 0.05) is 37.9 Å². The first kappa shape index (κ1) is 21.8. The predicted octanol–water partition coefficient (Wildman–Crippen LogP) is 5.35. The molecule has 0 unspecified atom stereocenters. The van der Waals surface area contributed by atoms with Crippen LogP contribution in [0.4, 0.5) is 16.2 Å². The average molecular weight is 457 g/mol. The summed E-state index contributed by atoms with van der Waals surface area (Å²) in [5.74, 6) is 3.15. The van der Waals surface area contributed by atoms with E-state index in [0.717, 1.165) is 39.7 Å². The van der Waals surface area contributed by atoms with Gasteiger partial charge in [-0.2, -0.15) is 0 Å². The number of carbonyl (C=O) groups is 1. The Hall–Kier alpha value is -4.00. The molecule has 1 fully saturated rings. The van der Waals surface area contributed by atoms with Gasteiger partial charge < -0.3 is 24.6 Å². The summed E-state index contributed by atoms with van der Waals surface area (Å²) in [5.41, 5.74) is 4.78. The molecule has 5 rings (SSSR count). The van der Waals surface area contributed by atoms with Gasteiger partial charge in [-0.25, -0.2) is 9.79 Å². The summed E-state index contributed by atoms with van der Waals surface area (Å²) in [4.78, 5) is 22.0. The van der Waals surface area contributed by atoms with Gasteiger partial charge in [-0.3, -0.25) is 0 Å². The molecule has 0 spiro atoms. The SMILES string of the molecule is COc1cccc(NC(=O)N2CCN(C3=Nc4ccc(C)cc4Oc4ccc(C)cc43)CC2)c1. The number of rotatable bonds is 2. The lowest BCUT2D eigenvalue weighted by Crippen LogP contribution is -2.51. The normalized spacial score (nSPS) is 14.9. The predicted molar refractivity (Wildman–Crippen MR) is 134 cm³/mol. The van der Waals surface area contributed by atoms with Crippen molar-refractivity contribution in [2.45, 2.75) is 13.8 Å². The van der Waals surface area contributed by atoms with Crippen LogP contribution in [-0.2, 0) is 0 Å². The lowest BCUT2D eigenvalue weighted by molar-refractivity contribution is 0.181. The molecule has 1 saturated heterocycles. The molecule has 0 radical (unpaired) electrons. The van der Waals surface area contributed by atoms with Gasteiger partial charge in [-0.1, -0.05) is 23.8 Å². The number of benzene rings is 3. The summed E-state index contributed by atoms with van der Waals surface area (Å²) in [6.07, 6.45) is 0. The average Bonchev–Trinajstić information content (AvgIpc) is 3.00. The Bertz CT molecular complexity index is 1260. The second-order valence-electron chi connectivity index (χ2n) is 8.64. The number of anilines is 1. The fraction of sp³-hybridized carbons (Fsp3) is 0.259. The summed E-state index contributed by atoms with van der Waals surface area (Å²) in [7, 11) is 1.61. The van der Waals surface area contributed by atoms with E-state index in [0.29, 0.717) is 37.6 Å². The largest absolute Gasteiger partial charge is 0.497 e. The van der Waals surface area contributed by atoms with Gasteiger partial charge in [-0.15, -0.1) is 0 Å². The summed E-state index contributed by atoms with van der Waals surface area (Å²) in [6, 6.07) is 19.5. The molecule has 1 N–H and O–H groups in total. The van der Waals surface area contributed by atoms with Crippen LogP contribution in [0.5, 0.6) is 17.2 Å². The van der Waals surface area contributed by atoms with Crippen molar-refractivity contribution < 1.29 is 14.3 Å². The number of amidine groups is 1. The standard InChI is InChI=1S/C27H28N4O3/c1-18-8-10-24-22(15-18)26(29-23-9-7-19(2)16-25(23)34-24)30-11-13-31(14-12-30)27(32)28-20-5-4-6-21(17-20)33-3/h4-10,15-17H,11-14H2,1-3H3,(H,28,32). The molecule has 2 heterocycles. The topological polar surface area (TPSA) is 66.4 Å². The Morgan fingerprint density at radius 2 is 1.71 bits per heavy atom. The van der Waals surface area contributed by atoms with E-state index in [1.807, 2.05) is 60.4 Å². The molecule has 7 nitrogen and oxygen atoms in total. The van der Waals surface area contributed by atoms with Crippen LogP contribution in [-0.4, -0.2) is 55.0 Å². The highest BCUT2D eigenvalue weighted by Crippen LogP contribution is 2.39. The maximum absolute atomic E-state index is 12.8. The minimum atomic E-state index is -0.115. The lowest BCUT2D eigenvalue weighted by Gasteiger charge is -2.36. The monoisotopic (exact) mass is 456 g/mol. The van der Waals surface area contributed by atoms with Crippen molar-refractivity contribution in [3.05, 3.63) is 77.4 Å². The molecule has 0 saturated carbocycles. The van der Waals surface area contributed by atoms with Crippen molar-refractivity contribution >= 4 is 23.2 Å². The Balaban J connectivity index is 1.35. The van der Waals surface area contributed by atoms with Crippen LogP contribution in [0.25, 0.3) is 0 Å². The zero-order valence-electron chi connectivity index (χ0n) is 19.7. The van der Waals surface area contributed by atoms with Crippen LogP contribution in [0.15, 0.2) is 65.7 Å². The molecule has 2 aliphatic rings. The van der Waals surface area contributed by atoms with Gasteiger partial charge in [-0.05, 0) is 55.8 Å². The van der Waals surface area contributed by atoms with E-state index in [1.54, 1.807) is 7.11 Å². The molecule has 174 valence electrons. The number of carbonyl (C=O) groups excluding carboxylic acids is 1. The number of urea groups is 1. The van der Waals surface area contributed by atoms with Gasteiger partial charge in [0.05, 0.1) is 12.7 Å². The number of hydrogen-bond donors (Lipinski definition) is 1. The molecule has 7 heteroatoms. The molecule has 0 bridgehead atoms. The van der Waals surface area contributed by atoms with E-state index >= 15 is 0 Å². The first-order valence-electron chi connectivity index (χ1n) is 11.4. The third-order valence-corrected chi connectivity index (χ3v) is 6.12. The van der Waals surface area contributed by atoms with E-state index in [-0.39, 0.29) is 6.03 Å². The van der Waals surface area contributed by atoms with Crippen LogP contribution in [0.2, 0.25) is 0 Å². The number of fused-ring (bicyclic) bond motifs is 2. The van der Waals surface area contributed by atoms with Crippen molar-refractivity contribution in [3.8, 4) is 17.2 Å². The molecule has 2 amide bonds. The van der Waals surface area contributed by atoms with Crippen molar-refractivity contribution in [3.63, 3.8) is 0 Å². The number of piperazine rings is 1. The second kappa shape index (κ2) is 9.09. The number of aliphatic imine (C=N–C) groups is 1. The number of nitrogens with one attached hydrogen (secondary N) is 1. The number of hydrogen-bond acceptors (Lipinski definition) is 5. The van der Waals surface area contributed by atoms with Crippen molar-refractivity contribution in [2.24, 2.45) is 4.99 Å². The third kappa shape index (κ3) is 4.41. The Morgan fingerprint density at radius 3 is 2.50 bits per heavy atom. The molecule has 0 atom stereocenters. The number of ether oxygens (including phenoxy) is 2. The molecule has 34 heavy (non-hydrogen) atoms. The highest BCUT2D eigenvalue weighted by Gasteiger charge is 2.27. The van der Waals surface area contributed by atoms with E-state index in [9.17, 15) is 4.79 Å². The van der Waals surface area contributed by atoms with Crippen molar-refractivity contribution in [2.75, 3.05) is 38.6 Å². The van der Waals surface area contributed by atoms with Gasteiger partial charge in [0.1, 0.15) is 23.0 Å². The highest BCUT2D eigenvalue weighted by molar-refractivity contribution is 6.04. The third-order valence-electron chi connectivity index (χ3n) is 6.12. The molecule has 3 aromatic carbocycles. The number of amides is 2. The van der Waals surface area contributed by atoms with Crippen molar-refractivity contribution in [1.82, 2.24) is 9.80 Å². The van der Waals surface area contributed by atoms with Gasteiger partial charge in [0.15, 0.2) is 5.75 Å². The molecule has 0 aromatic heterocycles. The van der Waals surface area contributed by atoms with Crippen LogP contribution >= 0.6 is 0 Å². The quantitative estimate of drug-likeness (QED) is 0.565. The van der Waals surface area contributed by atoms with Crippen molar-refractivity contribution in [1.29, 1.82) is 0 Å². The van der Waals surface area contributed by atoms with Gasteiger partial charge in [0.25, 0.3) is 0 Å². The first-order valence-corrected chi connectivity index (χ1v) is 11.4. The molecule has 0 aliphatic carbocycles. The summed E-state index contributed by atoms with van der Waals surface area (Å²) < 4.78 is 11.5. The molecule has 3 aromatic rings. The molecule has 2 aliphatic heterocycles. The molecular formula is C27H28N4O3. The zero-order chi connectivity index (χ0) is 23.7. The number of methoxy groups -OCH3 is 1. The fourth-order valence-electron chi connectivity index (χ4n) is 4.26. The fourth-order valence-corrected chi connectivity index (χ4v) is 4.26. The summed E-state index contributed by atoms with van der Waals surface area (Å²) in [6.45, 7) is 6.67. The first-order chi connectivity index (χ1) is 16.5. The van der Waals surface area contributed by atoms with Crippen LogP contribution < -0.4 is 14.8 Å². The van der Waals surface area contributed by atoms with E-state index < -0.39 is 0 Å². The van der Waals surface area contributed by atoms with Crippen LogP contribution in [0, 0.1) is 13.8 Å². The summed E-state index contributed by atoms with van der Waals surface area (Å²) >= 11 is 0.